The van der Waals surface area contributed by atoms with E-state index in [9.17, 15) is 10.2 Å². The van der Waals surface area contributed by atoms with Gasteiger partial charge in [-0.1, -0.05) is 6.92 Å². The van der Waals surface area contributed by atoms with Gasteiger partial charge in [0.25, 0.3) is 0 Å². The molecule has 0 spiro atoms. The van der Waals surface area contributed by atoms with Gasteiger partial charge in [0.2, 0.25) is 0 Å². The second-order valence-corrected chi connectivity index (χ2v) is 4.66. The quantitative estimate of drug-likeness (QED) is 0.583. The van der Waals surface area contributed by atoms with E-state index in [0.29, 0.717) is 42.5 Å². The molecule has 0 aliphatic carbocycles. The maximum atomic E-state index is 9.45. The Hall–Kier alpha value is -1.66. The minimum absolute atomic E-state index is 0.187. The molecule has 0 saturated heterocycles. The normalized spacial score (nSPS) is 14.3. The Morgan fingerprint density at radius 2 is 1.79 bits per heavy atom. The minimum atomic E-state index is -0.794. The monoisotopic (exact) mass is 268 g/mol. The lowest BCUT2D eigenvalue weighted by Gasteiger charge is -2.32. The molecule has 0 aromatic heterocycles. The molecule has 0 amide bonds. The van der Waals surface area contributed by atoms with Crippen LogP contribution in [0.4, 0.5) is 11.4 Å². The van der Waals surface area contributed by atoms with Crippen LogP contribution in [0.2, 0.25) is 0 Å². The minimum Gasteiger partial charge on any atom is -0.486 e. The first kappa shape index (κ1) is 13.8. The van der Waals surface area contributed by atoms with Crippen molar-refractivity contribution in [2.24, 2.45) is 0 Å². The van der Waals surface area contributed by atoms with E-state index in [-0.39, 0.29) is 13.2 Å². The van der Waals surface area contributed by atoms with Crippen molar-refractivity contribution >= 4 is 11.4 Å². The Morgan fingerprint density at radius 3 is 2.32 bits per heavy atom. The number of nitrogen functional groups attached to an aromatic ring is 1. The number of benzene rings is 1. The molecular formula is C13H20N2O4. The lowest BCUT2D eigenvalue weighted by molar-refractivity contribution is 0.132. The molecule has 6 heteroatoms. The van der Waals surface area contributed by atoms with Gasteiger partial charge in [-0.3, -0.25) is 0 Å². The van der Waals surface area contributed by atoms with Crippen LogP contribution in [0, 0.1) is 0 Å². The molecule has 1 aliphatic rings. The van der Waals surface area contributed by atoms with Crippen molar-refractivity contribution in [3.8, 4) is 11.5 Å². The summed E-state index contributed by atoms with van der Waals surface area (Å²) in [6.07, 6.45) is 0.563. The van der Waals surface area contributed by atoms with Gasteiger partial charge in [-0.15, -0.1) is 0 Å². The molecule has 1 heterocycles. The number of aliphatic hydroxyl groups is 2. The van der Waals surface area contributed by atoms with E-state index in [1.165, 1.54) is 0 Å². The van der Waals surface area contributed by atoms with Crippen LogP contribution >= 0.6 is 0 Å². The highest BCUT2D eigenvalue weighted by Crippen LogP contribution is 2.38. The van der Waals surface area contributed by atoms with Crippen LogP contribution in [0.1, 0.15) is 13.3 Å². The smallest absolute Gasteiger partial charge is 0.163 e. The number of ether oxygens (including phenoxy) is 2. The fraction of sp³-hybridized carbons (Fsp3) is 0.538. The summed E-state index contributed by atoms with van der Waals surface area (Å²) in [4.78, 5) is 0. The molecule has 0 unspecified atom stereocenters. The number of nitrogens with two attached hydrogens (primary N) is 1. The zero-order valence-corrected chi connectivity index (χ0v) is 11.0. The van der Waals surface area contributed by atoms with Gasteiger partial charge in [-0.2, -0.15) is 0 Å². The van der Waals surface area contributed by atoms with Gasteiger partial charge in [0.05, 0.1) is 30.1 Å². The number of aliphatic hydroxyl groups excluding tert-OH is 2. The molecule has 0 radical (unpaired) electrons. The first-order chi connectivity index (χ1) is 9.14. The zero-order chi connectivity index (χ0) is 13.9. The third kappa shape index (κ3) is 2.69. The molecule has 0 bridgehead atoms. The lowest BCUT2D eigenvalue weighted by Crippen LogP contribution is -2.45. The summed E-state index contributed by atoms with van der Waals surface area (Å²) in [6.45, 7) is 2.51. The van der Waals surface area contributed by atoms with Gasteiger partial charge in [-0.05, 0) is 6.42 Å². The Morgan fingerprint density at radius 1 is 1.21 bits per heavy atom. The van der Waals surface area contributed by atoms with E-state index in [0.717, 1.165) is 0 Å². The van der Waals surface area contributed by atoms with Crippen LogP contribution in [-0.2, 0) is 0 Å². The standard InChI is InChI=1S/C13H20N2O4/c1-2-13(7-16,8-17)15-10-6-12-11(5-9(10)14)18-3-4-19-12/h5-6,15-17H,2-4,7-8,14H2,1H3. The van der Waals surface area contributed by atoms with Crippen molar-refractivity contribution in [1.29, 1.82) is 0 Å². The third-order valence-corrected chi connectivity index (χ3v) is 3.40. The van der Waals surface area contributed by atoms with Crippen molar-refractivity contribution in [3.63, 3.8) is 0 Å². The van der Waals surface area contributed by atoms with Crippen LogP contribution in [0.3, 0.4) is 0 Å². The van der Waals surface area contributed by atoms with Gasteiger partial charge in [0.15, 0.2) is 11.5 Å². The molecule has 19 heavy (non-hydrogen) atoms. The Balaban J connectivity index is 2.29. The Labute approximate surface area is 112 Å². The van der Waals surface area contributed by atoms with E-state index in [1.54, 1.807) is 12.1 Å². The SMILES string of the molecule is CCC(CO)(CO)Nc1cc2c(cc1N)OCCO2. The third-order valence-electron chi connectivity index (χ3n) is 3.40. The highest BCUT2D eigenvalue weighted by atomic mass is 16.6. The summed E-state index contributed by atoms with van der Waals surface area (Å²) in [5.41, 5.74) is 6.27. The van der Waals surface area contributed by atoms with Gasteiger partial charge in [0.1, 0.15) is 13.2 Å². The average molecular weight is 268 g/mol. The van der Waals surface area contributed by atoms with Crippen molar-refractivity contribution in [2.75, 3.05) is 37.5 Å². The first-order valence-corrected chi connectivity index (χ1v) is 6.33. The first-order valence-electron chi connectivity index (χ1n) is 6.33. The fourth-order valence-corrected chi connectivity index (χ4v) is 1.94. The molecule has 5 N–H and O–H groups in total. The Kier molecular flexibility index (Phi) is 4.01. The Bertz CT molecular complexity index is 438. The highest BCUT2D eigenvalue weighted by Gasteiger charge is 2.27. The maximum absolute atomic E-state index is 9.45. The van der Waals surface area contributed by atoms with Gasteiger partial charge >= 0.3 is 0 Å². The number of rotatable bonds is 5. The van der Waals surface area contributed by atoms with Crippen LogP contribution in [0.25, 0.3) is 0 Å². The summed E-state index contributed by atoms with van der Waals surface area (Å²) in [6, 6.07) is 3.42. The van der Waals surface area contributed by atoms with E-state index in [4.69, 9.17) is 15.2 Å². The summed E-state index contributed by atoms with van der Waals surface area (Å²) in [5.74, 6) is 1.23. The topological polar surface area (TPSA) is 97.0 Å². The number of anilines is 2. The molecule has 0 atom stereocenters. The number of hydrogen-bond donors (Lipinski definition) is 4. The van der Waals surface area contributed by atoms with Crippen molar-refractivity contribution < 1.29 is 19.7 Å². The second-order valence-electron chi connectivity index (χ2n) is 4.66. The van der Waals surface area contributed by atoms with Gasteiger partial charge in [0, 0.05) is 12.1 Å². The molecular weight excluding hydrogens is 248 g/mol. The average Bonchev–Trinajstić information content (AvgIpc) is 2.45. The van der Waals surface area contributed by atoms with E-state index in [1.807, 2.05) is 6.92 Å². The lowest BCUT2D eigenvalue weighted by atomic mass is 9.97. The molecule has 0 saturated carbocycles. The second kappa shape index (κ2) is 5.54. The summed E-state index contributed by atoms with van der Waals surface area (Å²) in [5, 5.41) is 22.0. The fourth-order valence-electron chi connectivity index (χ4n) is 1.94. The van der Waals surface area contributed by atoms with Crippen molar-refractivity contribution in [2.45, 2.75) is 18.9 Å². The summed E-state index contributed by atoms with van der Waals surface area (Å²) in [7, 11) is 0. The zero-order valence-electron chi connectivity index (χ0n) is 11.0. The van der Waals surface area contributed by atoms with Gasteiger partial charge in [-0.25, -0.2) is 0 Å². The van der Waals surface area contributed by atoms with Crippen LogP contribution in [0.5, 0.6) is 11.5 Å². The predicted molar refractivity (Wildman–Crippen MR) is 72.7 cm³/mol. The maximum Gasteiger partial charge on any atom is 0.163 e. The van der Waals surface area contributed by atoms with Crippen LogP contribution in [-0.4, -0.2) is 42.2 Å². The molecule has 1 aromatic rings. The molecule has 1 aliphatic heterocycles. The van der Waals surface area contributed by atoms with E-state index >= 15 is 0 Å². The van der Waals surface area contributed by atoms with E-state index in [2.05, 4.69) is 5.32 Å². The van der Waals surface area contributed by atoms with Crippen LogP contribution in [0.15, 0.2) is 12.1 Å². The summed E-state index contributed by atoms with van der Waals surface area (Å²) >= 11 is 0. The largest absolute Gasteiger partial charge is 0.486 e. The van der Waals surface area contributed by atoms with Crippen LogP contribution < -0.4 is 20.5 Å². The summed E-state index contributed by atoms with van der Waals surface area (Å²) < 4.78 is 10.9. The molecule has 106 valence electrons. The predicted octanol–water partition coefficient (Wildman–Crippen LogP) is 0.585. The van der Waals surface area contributed by atoms with E-state index < -0.39 is 5.54 Å². The number of nitrogens with one attached hydrogen (secondary N) is 1. The van der Waals surface area contributed by atoms with Gasteiger partial charge < -0.3 is 30.7 Å². The van der Waals surface area contributed by atoms with Crippen molar-refractivity contribution in [1.82, 2.24) is 0 Å². The molecule has 1 aromatic carbocycles. The molecule has 0 fully saturated rings. The molecule has 6 nitrogen and oxygen atoms in total. The molecule has 2 rings (SSSR count). The van der Waals surface area contributed by atoms with Crippen molar-refractivity contribution in [3.05, 3.63) is 12.1 Å². The highest BCUT2D eigenvalue weighted by molar-refractivity contribution is 5.73. The number of fused-ring (bicyclic) bond motifs is 1. The number of hydrogen-bond acceptors (Lipinski definition) is 6.